The Hall–Kier alpha value is -3.22. The van der Waals surface area contributed by atoms with Crippen molar-refractivity contribution in [3.8, 4) is 0 Å². The van der Waals surface area contributed by atoms with Gasteiger partial charge >= 0.3 is 11.8 Å². The Labute approximate surface area is 144 Å². The SMILES string of the molecule is Cc1cc(C)cc(NC(=O)C(=O)NCC(=O)Nc2ccc(F)cc2)c1. The van der Waals surface area contributed by atoms with Crippen molar-refractivity contribution in [2.24, 2.45) is 0 Å². The molecule has 0 fully saturated rings. The third-order valence-electron chi connectivity index (χ3n) is 3.22. The summed E-state index contributed by atoms with van der Waals surface area (Å²) < 4.78 is 12.8. The molecular formula is C18H18FN3O3. The Morgan fingerprint density at radius 3 is 2.04 bits per heavy atom. The average molecular weight is 343 g/mol. The molecule has 2 aromatic rings. The Bertz CT molecular complexity index is 783. The van der Waals surface area contributed by atoms with Gasteiger partial charge in [-0.25, -0.2) is 4.39 Å². The number of hydrogen-bond acceptors (Lipinski definition) is 3. The van der Waals surface area contributed by atoms with Crippen LogP contribution in [0.1, 0.15) is 11.1 Å². The molecule has 0 aromatic heterocycles. The third kappa shape index (κ3) is 5.72. The Balaban J connectivity index is 1.83. The minimum absolute atomic E-state index is 0.378. The number of carbonyl (C=O) groups is 3. The fourth-order valence-electron chi connectivity index (χ4n) is 2.21. The van der Waals surface area contributed by atoms with Crippen molar-refractivity contribution in [2.45, 2.75) is 13.8 Å². The Morgan fingerprint density at radius 2 is 1.44 bits per heavy atom. The zero-order valence-corrected chi connectivity index (χ0v) is 13.9. The maximum atomic E-state index is 12.8. The Morgan fingerprint density at radius 1 is 0.840 bits per heavy atom. The smallest absolute Gasteiger partial charge is 0.313 e. The van der Waals surface area contributed by atoms with E-state index in [4.69, 9.17) is 0 Å². The molecule has 2 aromatic carbocycles. The van der Waals surface area contributed by atoms with Crippen LogP contribution < -0.4 is 16.0 Å². The first kappa shape index (κ1) is 18.1. The van der Waals surface area contributed by atoms with Gasteiger partial charge in [-0.1, -0.05) is 6.07 Å². The van der Waals surface area contributed by atoms with Gasteiger partial charge in [0.05, 0.1) is 6.54 Å². The molecule has 0 bridgehead atoms. The lowest BCUT2D eigenvalue weighted by Gasteiger charge is -2.09. The molecule has 0 aliphatic rings. The van der Waals surface area contributed by atoms with Crippen molar-refractivity contribution in [3.63, 3.8) is 0 Å². The first-order valence-corrected chi connectivity index (χ1v) is 7.56. The normalized spacial score (nSPS) is 10.0. The van der Waals surface area contributed by atoms with E-state index in [1.807, 2.05) is 19.9 Å². The van der Waals surface area contributed by atoms with Crippen molar-refractivity contribution < 1.29 is 18.8 Å². The van der Waals surface area contributed by atoms with Crippen LogP contribution in [0, 0.1) is 19.7 Å². The predicted octanol–water partition coefficient (Wildman–Crippen LogP) is 2.14. The van der Waals surface area contributed by atoms with Crippen LogP contribution in [0.2, 0.25) is 0 Å². The molecule has 0 aliphatic carbocycles. The standard InChI is InChI=1S/C18H18FN3O3/c1-11-7-12(2)9-15(8-11)22-18(25)17(24)20-10-16(23)21-14-5-3-13(19)4-6-14/h3-9H,10H2,1-2H3,(H,20,24)(H,21,23)(H,22,25). The molecule has 130 valence electrons. The van der Waals surface area contributed by atoms with Crippen LogP contribution in [0.15, 0.2) is 42.5 Å². The predicted molar refractivity (Wildman–Crippen MR) is 92.6 cm³/mol. The number of nitrogens with one attached hydrogen (secondary N) is 3. The lowest BCUT2D eigenvalue weighted by Crippen LogP contribution is -2.39. The van der Waals surface area contributed by atoms with Gasteiger partial charge < -0.3 is 16.0 Å². The molecule has 7 heteroatoms. The summed E-state index contributed by atoms with van der Waals surface area (Å²) in [6.07, 6.45) is 0. The minimum Gasteiger partial charge on any atom is -0.339 e. The monoisotopic (exact) mass is 343 g/mol. The fraction of sp³-hybridized carbons (Fsp3) is 0.167. The summed E-state index contributed by atoms with van der Waals surface area (Å²) in [5.41, 5.74) is 2.80. The van der Waals surface area contributed by atoms with Gasteiger partial charge in [-0.2, -0.15) is 0 Å². The van der Waals surface area contributed by atoms with E-state index < -0.39 is 23.5 Å². The zero-order chi connectivity index (χ0) is 18.4. The topological polar surface area (TPSA) is 87.3 Å². The molecule has 0 radical (unpaired) electrons. The fourth-order valence-corrected chi connectivity index (χ4v) is 2.21. The molecule has 6 nitrogen and oxygen atoms in total. The van der Waals surface area contributed by atoms with Crippen LogP contribution in [-0.4, -0.2) is 24.3 Å². The van der Waals surface area contributed by atoms with Crippen molar-refractivity contribution in [2.75, 3.05) is 17.2 Å². The molecule has 0 unspecified atom stereocenters. The van der Waals surface area contributed by atoms with E-state index in [1.54, 1.807) is 12.1 Å². The van der Waals surface area contributed by atoms with Crippen LogP contribution in [-0.2, 0) is 14.4 Å². The second-order valence-electron chi connectivity index (χ2n) is 5.57. The molecule has 0 saturated carbocycles. The van der Waals surface area contributed by atoms with Gasteiger partial charge in [0.1, 0.15) is 5.82 Å². The van der Waals surface area contributed by atoms with E-state index in [0.717, 1.165) is 11.1 Å². The van der Waals surface area contributed by atoms with Gasteiger partial charge in [-0.3, -0.25) is 14.4 Å². The highest BCUT2D eigenvalue weighted by Crippen LogP contribution is 2.13. The lowest BCUT2D eigenvalue weighted by atomic mass is 10.1. The van der Waals surface area contributed by atoms with Crippen molar-refractivity contribution in [1.29, 1.82) is 0 Å². The molecule has 0 aliphatic heterocycles. The summed E-state index contributed by atoms with van der Waals surface area (Å²) in [5, 5.41) is 7.18. The molecule has 0 spiro atoms. The highest BCUT2D eigenvalue weighted by molar-refractivity contribution is 6.39. The quantitative estimate of drug-likeness (QED) is 0.743. The van der Waals surface area contributed by atoms with Crippen molar-refractivity contribution in [1.82, 2.24) is 5.32 Å². The van der Waals surface area contributed by atoms with Crippen LogP contribution in [0.4, 0.5) is 15.8 Å². The average Bonchev–Trinajstić information content (AvgIpc) is 2.53. The first-order chi connectivity index (χ1) is 11.8. The second-order valence-corrected chi connectivity index (χ2v) is 5.57. The summed E-state index contributed by atoms with van der Waals surface area (Å²) in [4.78, 5) is 35.3. The molecule has 0 atom stereocenters. The number of amides is 3. The molecule has 2 rings (SSSR count). The minimum atomic E-state index is -0.923. The molecule has 25 heavy (non-hydrogen) atoms. The van der Waals surface area contributed by atoms with Gasteiger partial charge in [0, 0.05) is 11.4 Å². The highest BCUT2D eigenvalue weighted by Gasteiger charge is 2.15. The van der Waals surface area contributed by atoms with Gasteiger partial charge in [-0.05, 0) is 61.4 Å². The van der Waals surface area contributed by atoms with Gasteiger partial charge in [0.15, 0.2) is 0 Å². The number of rotatable bonds is 4. The highest BCUT2D eigenvalue weighted by atomic mass is 19.1. The summed E-state index contributed by atoms with van der Waals surface area (Å²) >= 11 is 0. The second kappa shape index (κ2) is 8.05. The summed E-state index contributed by atoms with van der Waals surface area (Å²) in [7, 11) is 0. The number of carbonyl (C=O) groups excluding carboxylic acids is 3. The molecule has 3 N–H and O–H groups in total. The van der Waals surface area contributed by atoms with E-state index >= 15 is 0 Å². The molecule has 3 amide bonds. The van der Waals surface area contributed by atoms with Gasteiger partial charge in [-0.15, -0.1) is 0 Å². The maximum Gasteiger partial charge on any atom is 0.313 e. The van der Waals surface area contributed by atoms with E-state index in [1.165, 1.54) is 24.3 Å². The van der Waals surface area contributed by atoms with Crippen molar-refractivity contribution >= 4 is 29.1 Å². The van der Waals surface area contributed by atoms with E-state index in [9.17, 15) is 18.8 Å². The van der Waals surface area contributed by atoms with Gasteiger partial charge in [0.2, 0.25) is 5.91 Å². The molecule has 0 heterocycles. The Kier molecular flexibility index (Phi) is 5.84. The van der Waals surface area contributed by atoms with E-state index in [0.29, 0.717) is 11.4 Å². The largest absolute Gasteiger partial charge is 0.339 e. The zero-order valence-electron chi connectivity index (χ0n) is 13.9. The van der Waals surface area contributed by atoms with Crippen LogP contribution in [0.25, 0.3) is 0 Å². The number of benzene rings is 2. The van der Waals surface area contributed by atoms with E-state index in [-0.39, 0.29) is 6.54 Å². The van der Waals surface area contributed by atoms with Crippen LogP contribution in [0.5, 0.6) is 0 Å². The maximum absolute atomic E-state index is 12.8. The summed E-state index contributed by atoms with van der Waals surface area (Å²) in [5.74, 6) is -2.73. The van der Waals surface area contributed by atoms with E-state index in [2.05, 4.69) is 16.0 Å². The molecular weight excluding hydrogens is 325 g/mol. The van der Waals surface area contributed by atoms with Gasteiger partial charge in [0.25, 0.3) is 0 Å². The number of halogens is 1. The summed E-state index contributed by atoms with van der Waals surface area (Å²) in [6.45, 7) is 3.38. The number of hydrogen-bond donors (Lipinski definition) is 3. The van der Waals surface area contributed by atoms with Crippen molar-refractivity contribution in [3.05, 3.63) is 59.4 Å². The summed E-state index contributed by atoms with van der Waals surface area (Å²) in [6, 6.07) is 10.6. The first-order valence-electron chi connectivity index (χ1n) is 7.56. The molecule has 0 saturated heterocycles. The van der Waals surface area contributed by atoms with Crippen LogP contribution >= 0.6 is 0 Å². The van der Waals surface area contributed by atoms with Crippen LogP contribution in [0.3, 0.4) is 0 Å². The third-order valence-corrected chi connectivity index (χ3v) is 3.22. The number of aryl methyl sites for hydroxylation is 2. The number of anilines is 2. The lowest BCUT2D eigenvalue weighted by molar-refractivity contribution is -0.136.